The maximum atomic E-state index is 12.9. The Morgan fingerprint density at radius 1 is 1.23 bits per heavy atom. The number of hydrogen-bond acceptors (Lipinski definition) is 5. The van der Waals surface area contributed by atoms with Crippen LogP contribution in [0.3, 0.4) is 0 Å². The quantitative estimate of drug-likeness (QED) is 0.845. The van der Waals surface area contributed by atoms with E-state index in [1.807, 2.05) is 0 Å². The van der Waals surface area contributed by atoms with Crippen LogP contribution in [0.5, 0.6) is 0 Å². The second-order valence-corrected chi connectivity index (χ2v) is 6.94. The van der Waals surface area contributed by atoms with Crippen LogP contribution in [0.2, 0.25) is 0 Å². The molecule has 8 nitrogen and oxygen atoms in total. The van der Waals surface area contributed by atoms with Crippen LogP contribution in [-0.2, 0) is 11.3 Å². The Morgan fingerprint density at radius 3 is 2.62 bits per heavy atom. The van der Waals surface area contributed by atoms with Crippen molar-refractivity contribution < 1.29 is 17.9 Å². The molecule has 26 heavy (non-hydrogen) atoms. The fourth-order valence-corrected chi connectivity index (χ4v) is 3.47. The van der Waals surface area contributed by atoms with Gasteiger partial charge in [0, 0.05) is 6.54 Å². The monoisotopic (exact) mass is 373 g/mol. The smallest absolute Gasteiger partial charge is 0.369 e. The predicted octanol–water partition coefficient (Wildman–Crippen LogP) is 1.51. The van der Waals surface area contributed by atoms with Gasteiger partial charge in [-0.2, -0.15) is 18.2 Å². The molecule has 1 aliphatic heterocycles. The summed E-state index contributed by atoms with van der Waals surface area (Å²) in [6, 6.07) is 0. The molecule has 1 saturated carbocycles. The highest BCUT2D eigenvalue weighted by Crippen LogP contribution is 2.36. The number of fused-ring (bicyclic) bond motifs is 1. The van der Waals surface area contributed by atoms with Gasteiger partial charge in [-0.15, -0.1) is 0 Å². The van der Waals surface area contributed by atoms with Crippen LogP contribution in [0, 0.1) is 5.92 Å². The number of nitrogens with zero attached hydrogens (tertiary/aromatic N) is 3. The molecule has 2 aliphatic rings. The van der Waals surface area contributed by atoms with E-state index in [0.717, 1.165) is 12.8 Å². The minimum absolute atomic E-state index is 0.0505. The standard InChI is InChI=1S/C15H18F3N5O3/c16-15(17,18)5-8-3-4-9(26-8)23-11-10(12(24)21-13(19)20-11)22(14(23)25)6-7-1-2-7/h7-9H,1-6H2,(H3,19,20,21,24). The van der Waals surface area contributed by atoms with Crippen LogP contribution in [0.25, 0.3) is 11.2 Å². The zero-order valence-corrected chi connectivity index (χ0v) is 13.8. The summed E-state index contributed by atoms with van der Waals surface area (Å²) < 4.78 is 45.8. The van der Waals surface area contributed by atoms with Crippen LogP contribution in [0.1, 0.15) is 38.3 Å². The zero-order valence-electron chi connectivity index (χ0n) is 13.8. The third-order valence-electron chi connectivity index (χ3n) is 4.80. The van der Waals surface area contributed by atoms with E-state index < -0.39 is 36.2 Å². The summed E-state index contributed by atoms with van der Waals surface area (Å²) in [5.41, 5.74) is 4.67. The molecular formula is C15H18F3N5O3. The van der Waals surface area contributed by atoms with E-state index in [0.29, 0.717) is 12.5 Å². The van der Waals surface area contributed by atoms with E-state index in [1.165, 1.54) is 9.13 Å². The number of aromatic nitrogens is 4. The van der Waals surface area contributed by atoms with Crippen molar-refractivity contribution in [3.63, 3.8) is 0 Å². The summed E-state index contributed by atoms with van der Waals surface area (Å²) >= 11 is 0. The number of nitrogen functional groups attached to an aromatic ring is 1. The van der Waals surface area contributed by atoms with Gasteiger partial charge >= 0.3 is 11.9 Å². The summed E-state index contributed by atoms with van der Waals surface area (Å²) in [4.78, 5) is 31.6. The lowest BCUT2D eigenvalue weighted by atomic mass is 10.2. The van der Waals surface area contributed by atoms with E-state index in [4.69, 9.17) is 10.5 Å². The number of hydrogen-bond donors (Lipinski definition) is 2. The molecule has 2 atom stereocenters. The van der Waals surface area contributed by atoms with Crippen LogP contribution in [-0.4, -0.2) is 31.4 Å². The van der Waals surface area contributed by atoms with Gasteiger partial charge in [0.1, 0.15) is 6.23 Å². The molecule has 0 spiro atoms. The number of H-pyrrole nitrogens is 1. The molecule has 2 aromatic heterocycles. The first-order valence-corrected chi connectivity index (χ1v) is 8.45. The van der Waals surface area contributed by atoms with Crippen molar-refractivity contribution in [2.24, 2.45) is 5.92 Å². The maximum absolute atomic E-state index is 12.9. The van der Waals surface area contributed by atoms with Crippen molar-refractivity contribution >= 4 is 17.1 Å². The third-order valence-corrected chi connectivity index (χ3v) is 4.80. The van der Waals surface area contributed by atoms with E-state index in [-0.39, 0.29) is 30.0 Å². The first-order chi connectivity index (χ1) is 12.2. The minimum atomic E-state index is -4.34. The van der Waals surface area contributed by atoms with Gasteiger partial charge in [0.15, 0.2) is 11.2 Å². The molecule has 0 bridgehead atoms. The van der Waals surface area contributed by atoms with Crippen molar-refractivity contribution in [1.29, 1.82) is 0 Å². The van der Waals surface area contributed by atoms with Gasteiger partial charge < -0.3 is 10.5 Å². The number of aromatic amines is 1. The van der Waals surface area contributed by atoms with Crippen LogP contribution in [0.15, 0.2) is 9.59 Å². The third kappa shape index (κ3) is 3.11. The number of anilines is 1. The van der Waals surface area contributed by atoms with Crippen LogP contribution >= 0.6 is 0 Å². The number of alkyl halides is 3. The van der Waals surface area contributed by atoms with E-state index >= 15 is 0 Å². The van der Waals surface area contributed by atoms with Gasteiger partial charge in [0.25, 0.3) is 5.56 Å². The van der Waals surface area contributed by atoms with Crippen molar-refractivity contribution in [3.05, 3.63) is 20.8 Å². The molecule has 2 aromatic rings. The van der Waals surface area contributed by atoms with Gasteiger partial charge in [0.05, 0.1) is 12.5 Å². The molecule has 3 N–H and O–H groups in total. The molecule has 0 amide bonds. The molecule has 1 aliphatic carbocycles. The van der Waals surface area contributed by atoms with Crippen molar-refractivity contribution in [3.8, 4) is 0 Å². The average Bonchev–Trinajstić information content (AvgIpc) is 3.15. The van der Waals surface area contributed by atoms with Crippen LogP contribution < -0.4 is 17.0 Å². The highest BCUT2D eigenvalue weighted by molar-refractivity contribution is 5.71. The first kappa shape index (κ1) is 17.1. The summed E-state index contributed by atoms with van der Waals surface area (Å²) in [7, 11) is 0. The number of imidazole rings is 1. The van der Waals surface area contributed by atoms with Crippen LogP contribution in [0.4, 0.5) is 19.1 Å². The Bertz CT molecular complexity index is 956. The van der Waals surface area contributed by atoms with E-state index in [9.17, 15) is 22.8 Å². The number of nitrogens with one attached hydrogen (secondary N) is 1. The Labute approximate surface area is 144 Å². The second kappa shape index (κ2) is 5.86. The molecule has 2 unspecified atom stereocenters. The number of ether oxygens (including phenoxy) is 1. The zero-order chi connectivity index (χ0) is 18.6. The van der Waals surface area contributed by atoms with Gasteiger partial charge in [-0.25, -0.2) is 9.36 Å². The lowest BCUT2D eigenvalue weighted by Crippen LogP contribution is -2.29. The second-order valence-electron chi connectivity index (χ2n) is 6.94. The van der Waals surface area contributed by atoms with Gasteiger partial charge in [-0.05, 0) is 31.6 Å². The molecule has 0 aromatic carbocycles. The normalized spacial score (nSPS) is 23.8. The summed E-state index contributed by atoms with van der Waals surface area (Å²) in [5, 5.41) is 0. The molecular weight excluding hydrogens is 355 g/mol. The lowest BCUT2D eigenvalue weighted by molar-refractivity contribution is -0.162. The van der Waals surface area contributed by atoms with Gasteiger partial charge in [-0.3, -0.25) is 14.3 Å². The summed E-state index contributed by atoms with van der Waals surface area (Å²) in [6.07, 6.45) is -5.00. The fourth-order valence-electron chi connectivity index (χ4n) is 3.47. The Balaban J connectivity index is 1.76. The average molecular weight is 373 g/mol. The molecule has 11 heteroatoms. The number of rotatable bonds is 4. The largest absolute Gasteiger partial charge is 0.391 e. The van der Waals surface area contributed by atoms with E-state index in [1.54, 1.807) is 0 Å². The topological polar surface area (TPSA) is 108 Å². The van der Waals surface area contributed by atoms with Crippen molar-refractivity contribution in [2.45, 2.75) is 57.2 Å². The number of nitrogens with two attached hydrogens (primary N) is 1. The Hall–Kier alpha value is -2.30. The fraction of sp³-hybridized carbons (Fsp3) is 0.667. The maximum Gasteiger partial charge on any atom is 0.391 e. The van der Waals surface area contributed by atoms with Crippen molar-refractivity contribution in [2.75, 3.05) is 5.73 Å². The summed E-state index contributed by atoms with van der Waals surface area (Å²) in [6.45, 7) is 0.371. The molecule has 3 heterocycles. The molecule has 4 rings (SSSR count). The Kier molecular flexibility index (Phi) is 3.86. The summed E-state index contributed by atoms with van der Waals surface area (Å²) in [5.74, 6) is 0.149. The highest BCUT2D eigenvalue weighted by atomic mass is 19.4. The van der Waals surface area contributed by atoms with Gasteiger partial charge in [0.2, 0.25) is 5.95 Å². The molecule has 0 radical (unpaired) electrons. The highest BCUT2D eigenvalue weighted by Gasteiger charge is 2.39. The molecule has 1 saturated heterocycles. The first-order valence-electron chi connectivity index (χ1n) is 8.45. The van der Waals surface area contributed by atoms with Gasteiger partial charge in [-0.1, -0.05) is 0 Å². The Morgan fingerprint density at radius 2 is 1.96 bits per heavy atom. The number of halogens is 3. The predicted molar refractivity (Wildman–Crippen MR) is 85.6 cm³/mol. The molecule has 2 fully saturated rings. The SMILES string of the molecule is Nc1nc2c(c(=O)[nH]1)n(CC1CC1)c(=O)n2C1CCC(CC(F)(F)F)O1. The lowest BCUT2D eigenvalue weighted by Gasteiger charge is -2.16. The van der Waals surface area contributed by atoms with E-state index in [2.05, 4.69) is 9.97 Å². The van der Waals surface area contributed by atoms with Crippen molar-refractivity contribution in [1.82, 2.24) is 19.1 Å². The molecule has 142 valence electrons. The minimum Gasteiger partial charge on any atom is -0.369 e.